The highest BCUT2D eigenvalue weighted by Gasteiger charge is 2.34. The molecule has 1 heterocycles. The van der Waals surface area contributed by atoms with Gasteiger partial charge in [0.15, 0.2) is 0 Å². The second kappa shape index (κ2) is 9.00. The predicted octanol–water partition coefficient (Wildman–Crippen LogP) is 1.69. The molecule has 0 aromatic heterocycles. The number of likely N-dealkylation sites (tertiary alicyclic amines) is 1. The average molecular weight is 364 g/mol. The zero-order valence-electron chi connectivity index (χ0n) is 15.6. The van der Waals surface area contributed by atoms with Crippen LogP contribution in [-0.2, 0) is 20.9 Å². The van der Waals surface area contributed by atoms with Gasteiger partial charge in [0.05, 0.1) is 19.3 Å². The molecule has 2 N–H and O–H groups in total. The normalized spacial score (nSPS) is 18.7. The lowest BCUT2D eigenvalue weighted by molar-refractivity contribution is -0.138. The zero-order chi connectivity index (χ0) is 19.2. The van der Waals surface area contributed by atoms with Gasteiger partial charge in [0.1, 0.15) is 11.7 Å². The molecule has 1 aliphatic heterocycles. The lowest BCUT2D eigenvalue weighted by Gasteiger charge is -2.26. The standard InChI is InChI=1S/C19H28N2O5/c1-19(2,3)26-18(24)20-15(12-22)11-21-10-9-16(17(21)23)25-13-14-7-5-4-6-8-14/h4-8,15-16,22H,9-13H2,1-3H3,(H,20,24)/t15-,16-/m0/s1. The number of aliphatic hydroxyl groups excluding tert-OH is 1. The Hall–Kier alpha value is -2.12. The molecule has 2 rings (SSSR count). The minimum atomic E-state index is -0.621. The highest BCUT2D eigenvalue weighted by atomic mass is 16.6. The van der Waals surface area contributed by atoms with E-state index in [1.165, 1.54) is 0 Å². The summed E-state index contributed by atoms with van der Waals surface area (Å²) < 4.78 is 10.9. The number of rotatable bonds is 7. The van der Waals surface area contributed by atoms with Gasteiger partial charge in [-0.05, 0) is 26.3 Å². The van der Waals surface area contributed by atoms with Gasteiger partial charge in [-0.3, -0.25) is 4.79 Å². The molecule has 144 valence electrons. The topological polar surface area (TPSA) is 88.1 Å². The monoisotopic (exact) mass is 364 g/mol. The van der Waals surface area contributed by atoms with E-state index < -0.39 is 23.8 Å². The van der Waals surface area contributed by atoms with Gasteiger partial charge in [0.2, 0.25) is 0 Å². The van der Waals surface area contributed by atoms with Gasteiger partial charge in [-0.15, -0.1) is 0 Å². The molecule has 1 aromatic carbocycles. The van der Waals surface area contributed by atoms with Crippen molar-refractivity contribution in [1.29, 1.82) is 0 Å². The Kier molecular flexibility index (Phi) is 6.99. The Labute approximate surface area is 154 Å². The molecule has 26 heavy (non-hydrogen) atoms. The predicted molar refractivity (Wildman–Crippen MR) is 96.5 cm³/mol. The third kappa shape index (κ3) is 6.31. The maximum absolute atomic E-state index is 12.5. The summed E-state index contributed by atoms with van der Waals surface area (Å²) in [6.45, 7) is 6.14. The summed E-state index contributed by atoms with van der Waals surface area (Å²) in [5.41, 5.74) is 0.391. The van der Waals surface area contributed by atoms with E-state index in [9.17, 15) is 14.7 Å². The third-order valence-electron chi connectivity index (χ3n) is 3.92. The summed E-state index contributed by atoms with van der Waals surface area (Å²) in [6, 6.07) is 9.10. The number of benzene rings is 1. The second-order valence-corrected chi connectivity index (χ2v) is 7.38. The zero-order valence-corrected chi connectivity index (χ0v) is 15.6. The van der Waals surface area contributed by atoms with Gasteiger partial charge >= 0.3 is 6.09 Å². The Bertz CT molecular complexity index is 600. The van der Waals surface area contributed by atoms with Gasteiger partial charge in [-0.25, -0.2) is 4.79 Å². The molecule has 1 aliphatic rings. The summed E-state index contributed by atoms with van der Waals surface area (Å²) in [6.07, 6.45) is -0.507. The molecule has 7 heteroatoms. The molecule has 0 bridgehead atoms. The molecular formula is C19H28N2O5. The van der Waals surface area contributed by atoms with Gasteiger partial charge in [0.25, 0.3) is 5.91 Å². The number of ether oxygens (including phenoxy) is 2. The third-order valence-corrected chi connectivity index (χ3v) is 3.92. The fraction of sp³-hybridized carbons (Fsp3) is 0.579. The molecule has 7 nitrogen and oxygen atoms in total. The first-order valence-corrected chi connectivity index (χ1v) is 8.83. The molecule has 0 spiro atoms. The quantitative estimate of drug-likeness (QED) is 0.769. The van der Waals surface area contributed by atoms with Crippen LogP contribution in [0.1, 0.15) is 32.8 Å². The van der Waals surface area contributed by atoms with Crippen molar-refractivity contribution >= 4 is 12.0 Å². The smallest absolute Gasteiger partial charge is 0.408 e. The van der Waals surface area contributed by atoms with E-state index in [4.69, 9.17) is 9.47 Å². The van der Waals surface area contributed by atoms with E-state index in [1.807, 2.05) is 30.3 Å². The number of amides is 2. The number of hydrogen-bond acceptors (Lipinski definition) is 5. The van der Waals surface area contributed by atoms with Crippen molar-refractivity contribution in [3.05, 3.63) is 35.9 Å². The van der Waals surface area contributed by atoms with Crippen LogP contribution in [0.3, 0.4) is 0 Å². The number of hydrogen-bond donors (Lipinski definition) is 2. The van der Waals surface area contributed by atoms with Crippen molar-refractivity contribution in [2.24, 2.45) is 0 Å². The highest BCUT2D eigenvalue weighted by Crippen LogP contribution is 2.17. The maximum atomic E-state index is 12.5. The van der Waals surface area contributed by atoms with E-state index in [1.54, 1.807) is 25.7 Å². The van der Waals surface area contributed by atoms with Gasteiger partial charge < -0.3 is 24.8 Å². The average Bonchev–Trinajstić information content (AvgIpc) is 2.91. The van der Waals surface area contributed by atoms with Crippen LogP contribution in [0.2, 0.25) is 0 Å². The number of nitrogens with zero attached hydrogens (tertiary/aromatic N) is 1. The summed E-state index contributed by atoms with van der Waals surface area (Å²) in [4.78, 5) is 25.9. The van der Waals surface area contributed by atoms with E-state index in [2.05, 4.69) is 5.32 Å². The lowest BCUT2D eigenvalue weighted by atomic mass is 10.2. The van der Waals surface area contributed by atoms with E-state index >= 15 is 0 Å². The number of carbonyl (C=O) groups is 2. The summed E-state index contributed by atoms with van der Waals surface area (Å²) in [7, 11) is 0. The Morgan fingerprint density at radius 2 is 2.04 bits per heavy atom. The van der Waals surface area contributed by atoms with Crippen molar-refractivity contribution in [3.8, 4) is 0 Å². The molecule has 0 aliphatic carbocycles. The van der Waals surface area contributed by atoms with Crippen LogP contribution in [0.5, 0.6) is 0 Å². The van der Waals surface area contributed by atoms with Crippen LogP contribution in [0.15, 0.2) is 30.3 Å². The van der Waals surface area contributed by atoms with Crippen LogP contribution in [0.25, 0.3) is 0 Å². The molecule has 0 saturated carbocycles. The van der Waals surface area contributed by atoms with Crippen molar-refractivity contribution in [1.82, 2.24) is 10.2 Å². The summed E-state index contributed by atoms with van der Waals surface area (Å²) in [5, 5.41) is 12.1. The lowest BCUT2D eigenvalue weighted by Crippen LogP contribution is -2.48. The Morgan fingerprint density at radius 3 is 2.65 bits per heavy atom. The SMILES string of the molecule is CC(C)(C)OC(=O)N[C@H](CO)CN1CC[C@H](OCc2ccccc2)C1=O. The van der Waals surface area contributed by atoms with Crippen LogP contribution >= 0.6 is 0 Å². The first-order chi connectivity index (χ1) is 12.3. The molecule has 1 aromatic rings. The first kappa shape index (κ1) is 20.2. The molecule has 2 amide bonds. The van der Waals surface area contributed by atoms with Crippen molar-refractivity contribution in [2.45, 2.75) is 51.5 Å². The van der Waals surface area contributed by atoms with Crippen LogP contribution in [0.4, 0.5) is 4.79 Å². The molecular weight excluding hydrogens is 336 g/mol. The van der Waals surface area contributed by atoms with Crippen LogP contribution in [-0.4, -0.2) is 59.5 Å². The van der Waals surface area contributed by atoms with Crippen molar-refractivity contribution in [3.63, 3.8) is 0 Å². The number of nitrogens with one attached hydrogen (secondary N) is 1. The summed E-state index contributed by atoms with van der Waals surface area (Å²) in [5.74, 6) is -0.120. The number of carbonyl (C=O) groups excluding carboxylic acids is 2. The molecule has 1 fully saturated rings. The molecule has 2 atom stereocenters. The Balaban J connectivity index is 1.81. The fourth-order valence-electron chi connectivity index (χ4n) is 2.71. The van der Waals surface area contributed by atoms with E-state index in [-0.39, 0.29) is 19.1 Å². The van der Waals surface area contributed by atoms with Crippen LogP contribution in [0, 0.1) is 0 Å². The summed E-state index contributed by atoms with van der Waals surface area (Å²) >= 11 is 0. The molecule has 0 radical (unpaired) electrons. The van der Waals surface area contributed by atoms with Gasteiger partial charge in [0, 0.05) is 19.5 Å². The fourth-order valence-corrected chi connectivity index (χ4v) is 2.71. The minimum Gasteiger partial charge on any atom is -0.444 e. The minimum absolute atomic E-state index is 0.120. The van der Waals surface area contributed by atoms with Gasteiger partial charge in [-0.1, -0.05) is 30.3 Å². The molecule has 1 saturated heterocycles. The number of alkyl carbamates (subject to hydrolysis) is 1. The highest BCUT2D eigenvalue weighted by molar-refractivity contribution is 5.83. The largest absolute Gasteiger partial charge is 0.444 e. The van der Waals surface area contributed by atoms with E-state index in [0.29, 0.717) is 19.6 Å². The Morgan fingerprint density at radius 1 is 1.35 bits per heavy atom. The van der Waals surface area contributed by atoms with Gasteiger partial charge in [-0.2, -0.15) is 0 Å². The second-order valence-electron chi connectivity index (χ2n) is 7.38. The van der Waals surface area contributed by atoms with Crippen molar-refractivity contribution in [2.75, 3.05) is 19.7 Å². The first-order valence-electron chi connectivity index (χ1n) is 8.83. The van der Waals surface area contributed by atoms with Crippen molar-refractivity contribution < 1.29 is 24.2 Å². The molecule has 0 unspecified atom stereocenters. The van der Waals surface area contributed by atoms with Crippen LogP contribution < -0.4 is 5.32 Å². The number of aliphatic hydroxyl groups is 1. The maximum Gasteiger partial charge on any atom is 0.408 e. The van der Waals surface area contributed by atoms with E-state index in [0.717, 1.165) is 5.56 Å².